The summed E-state index contributed by atoms with van der Waals surface area (Å²) in [7, 11) is 0. The zero-order chi connectivity index (χ0) is 25.5. The molecule has 1 aliphatic rings. The second-order valence-corrected chi connectivity index (χ2v) is 9.85. The molecule has 3 rings (SSSR count). The molecule has 8 heteroatoms. The van der Waals surface area contributed by atoms with Gasteiger partial charge in [0.1, 0.15) is 22.3 Å². The highest BCUT2D eigenvalue weighted by Crippen LogP contribution is 2.39. The van der Waals surface area contributed by atoms with Crippen molar-refractivity contribution in [2.24, 2.45) is 4.99 Å². The maximum atomic E-state index is 10.2. The molecule has 1 aromatic carbocycles. The fourth-order valence-corrected chi connectivity index (χ4v) is 4.46. The Hall–Kier alpha value is -2.51. The number of aliphatic imine (C=N–C) groups is 1. The van der Waals surface area contributed by atoms with E-state index in [9.17, 15) is 4.79 Å². The highest BCUT2D eigenvalue weighted by Gasteiger charge is 2.28. The number of thiophene rings is 1. The fourth-order valence-electron chi connectivity index (χ4n) is 3.10. The number of fused-ring (bicyclic) bond motifs is 1. The largest absolute Gasteiger partial charge is 0.460 e. The minimum atomic E-state index is -0.328. The Morgan fingerprint density at radius 3 is 2.12 bits per heavy atom. The molecule has 2 N–H and O–H groups in total. The zero-order valence-corrected chi connectivity index (χ0v) is 22.6. The summed E-state index contributed by atoms with van der Waals surface area (Å²) in [6.07, 6.45) is 0. The summed E-state index contributed by atoms with van der Waals surface area (Å²) in [4.78, 5) is 17.8. The normalized spacial score (nSPS) is 12.8. The van der Waals surface area contributed by atoms with E-state index in [0.717, 1.165) is 27.4 Å². The Balaban J connectivity index is 0.000000464. The molecule has 180 valence electrons. The number of carbonyl (C=O) groups is 1. The molecular weight excluding hydrogens is 456 g/mol. The van der Waals surface area contributed by atoms with Gasteiger partial charge in [0.15, 0.2) is 0 Å². The topological polar surface area (TPSA) is 89.6 Å². The van der Waals surface area contributed by atoms with E-state index in [-0.39, 0.29) is 18.1 Å². The van der Waals surface area contributed by atoms with Gasteiger partial charge < -0.3 is 4.74 Å². The number of nitrogens with one attached hydrogen (secondary N) is 2. The molecule has 0 amide bonds. The molecule has 33 heavy (non-hydrogen) atoms. The number of esters is 1. The van der Waals surface area contributed by atoms with Crippen molar-refractivity contribution in [1.82, 2.24) is 0 Å². The minimum absolute atomic E-state index is 0.225. The lowest BCUT2D eigenvalue weighted by molar-refractivity contribution is -0.151. The van der Waals surface area contributed by atoms with Gasteiger partial charge in [0.25, 0.3) is 0 Å². The Morgan fingerprint density at radius 2 is 1.70 bits per heavy atom. The van der Waals surface area contributed by atoms with Crippen LogP contribution in [0.15, 0.2) is 29.3 Å². The Bertz CT molecular complexity index is 1030. The van der Waals surface area contributed by atoms with Crippen molar-refractivity contribution in [3.63, 3.8) is 0 Å². The van der Waals surface area contributed by atoms with Crippen LogP contribution in [0.3, 0.4) is 0 Å². The van der Waals surface area contributed by atoms with Crippen LogP contribution in [-0.4, -0.2) is 35.5 Å². The molecule has 2 heterocycles. The zero-order valence-electron chi connectivity index (χ0n) is 21.0. The average Bonchev–Trinajstić information content (AvgIpc) is 2.89. The van der Waals surface area contributed by atoms with Crippen molar-refractivity contribution < 1.29 is 9.53 Å². The van der Waals surface area contributed by atoms with E-state index in [0.29, 0.717) is 16.7 Å². The van der Waals surface area contributed by atoms with Gasteiger partial charge in [0.2, 0.25) is 0 Å². The van der Waals surface area contributed by atoms with Crippen molar-refractivity contribution in [3.05, 3.63) is 50.9 Å². The molecule has 0 fully saturated rings. The summed E-state index contributed by atoms with van der Waals surface area (Å²) in [5.41, 5.74) is 3.69. The third-order valence-electron chi connectivity index (χ3n) is 4.37. The van der Waals surface area contributed by atoms with Crippen LogP contribution in [0.1, 0.15) is 70.0 Å². The number of aryl methyl sites for hydroxylation is 1. The van der Waals surface area contributed by atoms with E-state index in [1.54, 1.807) is 23.2 Å². The van der Waals surface area contributed by atoms with Crippen LogP contribution in [0.4, 0.5) is 5.00 Å². The van der Waals surface area contributed by atoms with Crippen LogP contribution < -0.4 is 4.90 Å². The Kier molecular flexibility index (Phi) is 10.5. The standard InChI is InChI=1S/C17H17ClN4S.C6H12O2.C2H6/c1-9-10(2)23-17-15(9)16(12-4-6-13(18)7-5-12)21-8-14(20)22(17)11(3)19;1-5(7)8-6(2,3)4;1-2/h4-7,19-20H,8H2,1-3H3;1-4H3;1-2H3. The SMILES string of the molecule is CC.CC(=N)N1C(=N)CN=C(c2ccc(Cl)cc2)c2c1sc(C)c2C.CC(=O)OC(C)(C)C. The van der Waals surface area contributed by atoms with Gasteiger partial charge in [-0.3, -0.25) is 25.5 Å². The van der Waals surface area contributed by atoms with Crippen LogP contribution in [0.2, 0.25) is 5.02 Å². The number of rotatable bonds is 1. The first kappa shape index (κ1) is 28.5. The molecule has 0 saturated carbocycles. The Labute approximate surface area is 206 Å². The summed E-state index contributed by atoms with van der Waals surface area (Å²) in [6, 6.07) is 7.61. The molecule has 2 aromatic rings. The number of nitrogens with zero attached hydrogens (tertiary/aromatic N) is 2. The quantitative estimate of drug-likeness (QED) is 0.255. The van der Waals surface area contributed by atoms with Crippen molar-refractivity contribution in [3.8, 4) is 0 Å². The number of benzene rings is 1. The summed E-state index contributed by atoms with van der Waals surface area (Å²) in [5.74, 6) is 0.437. The van der Waals surface area contributed by atoms with Crippen LogP contribution >= 0.6 is 22.9 Å². The van der Waals surface area contributed by atoms with Gasteiger partial charge in [-0.15, -0.1) is 11.3 Å². The first-order valence-electron chi connectivity index (χ1n) is 10.8. The van der Waals surface area contributed by atoms with Gasteiger partial charge in [0.05, 0.1) is 12.3 Å². The van der Waals surface area contributed by atoms with Crippen molar-refractivity contribution in [2.45, 2.75) is 67.9 Å². The van der Waals surface area contributed by atoms with Crippen LogP contribution in [0.5, 0.6) is 0 Å². The number of anilines is 1. The molecule has 0 aliphatic carbocycles. The van der Waals surface area contributed by atoms with Crippen molar-refractivity contribution in [1.29, 1.82) is 10.8 Å². The van der Waals surface area contributed by atoms with Crippen LogP contribution in [0, 0.1) is 24.7 Å². The molecule has 6 nitrogen and oxygen atoms in total. The van der Waals surface area contributed by atoms with Gasteiger partial charge in [-0.05, 0) is 59.2 Å². The van der Waals surface area contributed by atoms with E-state index < -0.39 is 0 Å². The van der Waals surface area contributed by atoms with E-state index >= 15 is 0 Å². The number of hydrogen-bond donors (Lipinski definition) is 2. The molecule has 1 aromatic heterocycles. The Morgan fingerprint density at radius 1 is 1.15 bits per heavy atom. The van der Waals surface area contributed by atoms with E-state index in [4.69, 9.17) is 27.2 Å². The molecule has 0 atom stereocenters. The van der Waals surface area contributed by atoms with Crippen LogP contribution in [0.25, 0.3) is 0 Å². The van der Waals surface area contributed by atoms with Gasteiger partial charge in [-0.25, -0.2) is 0 Å². The van der Waals surface area contributed by atoms with E-state index in [1.807, 2.05) is 58.9 Å². The number of halogens is 1. The van der Waals surface area contributed by atoms with Gasteiger partial charge in [-0.2, -0.15) is 0 Å². The predicted molar refractivity (Wildman–Crippen MR) is 142 cm³/mol. The molecule has 0 spiro atoms. The fraction of sp³-hybridized carbons (Fsp3) is 0.440. The van der Waals surface area contributed by atoms with E-state index in [1.165, 1.54) is 11.8 Å². The second-order valence-electron chi connectivity index (χ2n) is 8.21. The molecule has 0 saturated heterocycles. The highest BCUT2D eigenvalue weighted by atomic mass is 35.5. The average molecular weight is 491 g/mol. The van der Waals surface area contributed by atoms with Crippen molar-refractivity contribution in [2.75, 3.05) is 11.4 Å². The first-order chi connectivity index (χ1) is 15.3. The maximum Gasteiger partial charge on any atom is 0.303 e. The smallest absolute Gasteiger partial charge is 0.303 e. The highest BCUT2D eigenvalue weighted by molar-refractivity contribution is 7.17. The lowest BCUT2D eigenvalue weighted by Gasteiger charge is -2.21. The van der Waals surface area contributed by atoms with Crippen LogP contribution in [-0.2, 0) is 9.53 Å². The van der Waals surface area contributed by atoms with E-state index in [2.05, 4.69) is 18.8 Å². The van der Waals surface area contributed by atoms with Gasteiger partial charge in [0, 0.05) is 28.0 Å². The van der Waals surface area contributed by atoms with Gasteiger partial charge >= 0.3 is 5.97 Å². The summed E-state index contributed by atoms with van der Waals surface area (Å²) < 4.78 is 4.80. The molecule has 1 aliphatic heterocycles. The number of carbonyl (C=O) groups excluding carboxylic acids is 1. The third-order valence-corrected chi connectivity index (χ3v) is 5.81. The number of amidine groups is 2. The van der Waals surface area contributed by atoms with Gasteiger partial charge in [-0.1, -0.05) is 37.6 Å². The number of hydrogen-bond acceptors (Lipinski definition) is 6. The second kappa shape index (κ2) is 12.1. The molecule has 0 radical (unpaired) electrons. The molecular formula is C25H35ClN4O2S. The monoisotopic (exact) mass is 490 g/mol. The summed E-state index contributed by atoms with van der Waals surface area (Å²) in [6.45, 7) is 17.0. The minimum Gasteiger partial charge on any atom is -0.460 e. The number of ether oxygens (including phenoxy) is 1. The lowest BCUT2D eigenvalue weighted by atomic mass is 10.00. The summed E-state index contributed by atoms with van der Waals surface area (Å²) in [5, 5.41) is 17.9. The summed E-state index contributed by atoms with van der Waals surface area (Å²) >= 11 is 7.61. The predicted octanol–water partition coefficient (Wildman–Crippen LogP) is 7.02. The molecule has 0 unspecified atom stereocenters. The third kappa shape index (κ3) is 7.79. The molecule has 0 bridgehead atoms. The lowest BCUT2D eigenvalue weighted by Crippen LogP contribution is -2.35. The van der Waals surface area contributed by atoms with Crippen molar-refractivity contribution >= 4 is 51.3 Å². The first-order valence-corrected chi connectivity index (χ1v) is 12.0. The maximum absolute atomic E-state index is 10.2.